The molecule has 1 atom stereocenters. The van der Waals surface area contributed by atoms with Gasteiger partial charge in [0, 0.05) is 4.83 Å². The number of rotatable bonds is 4. The lowest BCUT2D eigenvalue weighted by Gasteiger charge is -2.27. The molecule has 0 N–H and O–H groups in total. The Labute approximate surface area is 120 Å². The van der Waals surface area contributed by atoms with Crippen LogP contribution in [0.5, 0.6) is 0 Å². The molecule has 1 fully saturated rings. The summed E-state index contributed by atoms with van der Waals surface area (Å²) < 4.78 is 0. The minimum absolute atomic E-state index is 0.564. The fourth-order valence-corrected chi connectivity index (χ4v) is 4.00. The first kappa shape index (κ1) is 14.1. The predicted octanol–water partition coefficient (Wildman–Crippen LogP) is 5.83. The van der Waals surface area contributed by atoms with Gasteiger partial charge in [-0.3, -0.25) is 0 Å². The molecule has 18 heavy (non-hydrogen) atoms. The smallest absolute Gasteiger partial charge is 0.0423 e. The van der Waals surface area contributed by atoms with Gasteiger partial charge in [-0.05, 0) is 48.3 Å². The molecule has 1 aromatic rings. The number of benzene rings is 1. The van der Waals surface area contributed by atoms with Gasteiger partial charge in [0.25, 0.3) is 0 Å². The first-order chi connectivity index (χ1) is 8.76. The summed E-state index contributed by atoms with van der Waals surface area (Å²) >= 11 is 3.96. The van der Waals surface area contributed by atoms with E-state index in [4.69, 9.17) is 0 Å². The second-order valence-electron chi connectivity index (χ2n) is 5.54. The first-order valence-corrected chi connectivity index (χ1v) is 8.43. The molecule has 1 aromatic carbocycles. The van der Waals surface area contributed by atoms with Crippen LogP contribution in [0.3, 0.4) is 0 Å². The van der Waals surface area contributed by atoms with Gasteiger partial charge >= 0.3 is 0 Å². The molecule has 0 radical (unpaired) electrons. The molecule has 0 nitrogen and oxygen atoms in total. The van der Waals surface area contributed by atoms with Gasteiger partial charge in [0.05, 0.1) is 0 Å². The van der Waals surface area contributed by atoms with E-state index in [0.717, 1.165) is 18.8 Å². The van der Waals surface area contributed by atoms with Gasteiger partial charge in [0.2, 0.25) is 0 Å². The second-order valence-corrected chi connectivity index (χ2v) is 6.52. The van der Waals surface area contributed by atoms with Crippen LogP contribution in [0.1, 0.15) is 67.5 Å². The molecule has 0 aromatic heterocycles. The highest BCUT2D eigenvalue weighted by Gasteiger charge is 2.23. The molecular formula is C17H25Br. The normalized spacial score (nSPS) is 18.8. The van der Waals surface area contributed by atoms with Gasteiger partial charge in [-0.1, -0.05) is 67.2 Å². The average molecular weight is 309 g/mol. The highest BCUT2D eigenvalue weighted by molar-refractivity contribution is 9.09. The molecule has 0 heterocycles. The van der Waals surface area contributed by atoms with E-state index in [-0.39, 0.29) is 0 Å². The summed E-state index contributed by atoms with van der Waals surface area (Å²) in [5.41, 5.74) is 4.55. The van der Waals surface area contributed by atoms with Crippen molar-refractivity contribution in [2.24, 2.45) is 5.92 Å². The molecule has 2 rings (SSSR count). The maximum Gasteiger partial charge on any atom is 0.0423 e. The zero-order valence-corrected chi connectivity index (χ0v) is 13.3. The second kappa shape index (κ2) is 6.75. The van der Waals surface area contributed by atoms with E-state index in [0.29, 0.717) is 4.83 Å². The van der Waals surface area contributed by atoms with Crippen molar-refractivity contribution in [3.63, 3.8) is 0 Å². The lowest BCUT2D eigenvalue weighted by Crippen LogP contribution is -2.12. The number of alkyl halides is 1. The summed E-state index contributed by atoms with van der Waals surface area (Å²) in [5, 5.41) is 0. The lowest BCUT2D eigenvalue weighted by atomic mass is 9.84. The fourth-order valence-electron chi connectivity index (χ4n) is 3.19. The summed E-state index contributed by atoms with van der Waals surface area (Å²) in [6, 6.07) is 7.12. The van der Waals surface area contributed by atoms with Crippen molar-refractivity contribution < 1.29 is 0 Å². The van der Waals surface area contributed by atoms with Crippen molar-refractivity contribution >= 4 is 15.9 Å². The molecule has 0 aliphatic heterocycles. The molecule has 1 aliphatic carbocycles. The van der Waals surface area contributed by atoms with Crippen LogP contribution in [0, 0.1) is 5.92 Å². The number of hydrogen-bond acceptors (Lipinski definition) is 0. The Bertz CT molecular complexity index is 377. The Hall–Kier alpha value is -0.300. The number of hydrogen-bond donors (Lipinski definition) is 0. The topological polar surface area (TPSA) is 0 Å². The predicted molar refractivity (Wildman–Crippen MR) is 83.4 cm³/mol. The third-order valence-electron chi connectivity index (χ3n) is 4.37. The van der Waals surface area contributed by atoms with Crippen molar-refractivity contribution in [1.29, 1.82) is 0 Å². The summed E-state index contributed by atoms with van der Waals surface area (Å²) in [4.78, 5) is 0.564. The number of aryl methyl sites for hydroxylation is 2. The standard InChI is InChI=1S/C17H25Br/c1-3-13-10-11-16(12-14(13)4-2)17(18)15-8-6-5-7-9-15/h10-12,15,17H,3-9H2,1-2H3. The highest BCUT2D eigenvalue weighted by atomic mass is 79.9. The SMILES string of the molecule is CCc1ccc(C(Br)C2CCCCC2)cc1CC. The molecule has 1 unspecified atom stereocenters. The Balaban J connectivity index is 2.16. The summed E-state index contributed by atoms with van der Waals surface area (Å²) in [7, 11) is 0. The average Bonchev–Trinajstić information content (AvgIpc) is 2.46. The zero-order chi connectivity index (χ0) is 13.0. The van der Waals surface area contributed by atoms with Crippen molar-refractivity contribution in [2.75, 3.05) is 0 Å². The van der Waals surface area contributed by atoms with E-state index in [1.807, 2.05) is 0 Å². The molecule has 100 valence electrons. The van der Waals surface area contributed by atoms with Crippen LogP contribution >= 0.6 is 15.9 Å². The molecule has 0 amide bonds. The largest absolute Gasteiger partial charge is 0.0836 e. The maximum atomic E-state index is 3.96. The van der Waals surface area contributed by atoms with E-state index in [1.165, 1.54) is 48.8 Å². The molecule has 0 bridgehead atoms. The summed E-state index contributed by atoms with van der Waals surface area (Å²) in [6.07, 6.45) is 9.37. The molecule has 1 aliphatic rings. The lowest BCUT2D eigenvalue weighted by molar-refractivity contribution is 0.354. The van der Waals surface area contributed by atoms with Crippen LogP contribution in [0.15, 0.2) is 18.2 Å². The van der Waals surface area contributed by atoms with Crippen LogP contribution in [-0.2, 0) is 12.8 Å². The van der Waals surface area contributed by atoms with Gasteiger partial charge in [0.15, 0.2) is 0 Å². The molecule has 0 saturated heterocycles. The van der Waals surface area contributed by atoms with Crippen molar-refractivity contribution in [3.8, 4) is 0 Å². The van der Waals surface area contributed by atoms with E-state index in [1.54, 1.807) is 0 Å². The van der Waals surface area contributed by atoms with E-state index in [9.17, 15) is 0 Å². The third kappa shape index (κ3) is 3.17. The zero-order valence-electron chi connectivity index (χ0n) is 11.7. The van der Waals surface area contributed by atoms with E-state index < -0.39 is 0 Å². The van der Waals surface area contributed by atoms with E-state index >= 15 is 0 Å². The number of halogens is 1. The molecule has 0 spiro atoms. The van der Waals surface area contributed by atoms with Crippen LogP contribution in [0.2, 0.25) is 0 Å². The third-order valence-corrected chi connectivity index (χ3v) is 5.65. The monoisotopic (exact) mass is 308 g/mol. The Morgan fingerprint density at radius 3 is 2.33 bits per heavy atom. The Morgan fingerprint density at radius 1 is 1.06 bits per heavy atom. The first-order valence-electron chi connectivity index (χ1n) is 7.52. The van der Waals surface area contributed by atoms with Crippen LogP contribution in [0.25, 0.3) is 0 Å². The maximum absolute atomic E-state index is 3.96. The van der Waals surface area contributed by atoms with Crippen molar-refractivity contribution in [3.05, 3.63) is 34.9 Å². The fraction of sp³-hybridized carbons (Fsp3) is 0.647. The minimum Gasteiger partial charge on any atom is -0.0836 e. The van der Waals surface area contributed by atoms with Crippen LogP contribution in [-0.4, -0.2) is 0 Å². The van der Waals surface area contributed by atoms with Gasteiger partial charge < -0.3 is 0 Å². The molecule has 1 saturated carbocycles. The molecule has 1 heteroatoms. The van der Waals surface area contributed by atoms with E-state index in [2.05, 4.69) is 48.0 Å². The molecular weight excluding hydrogens is 284 g/mol. The highest BCUT2D eigenvalue weighted by Crippen LogP contribution is 2.40. The quantitative estimate of drug-likeness (QED) is 0.614. The minimum atomic E-state index is 0.564. The van der Waals surface area contributed by atoms with Crippen LogP contribution < -0.4 is 0 Å². The summed E-state index contributed by atoms with van der Waals surface area (Å²) in [6.45, 7) is 4.52. The van der Waals surface area contributed by atoms with Gasteiger partial charge in [-0.15, -0.1) is 0 Å². The Morgan fingerprint density at radius 2 is 1.72 bits per heavy atom. The summed E-state index contributed by atoms with van der Waals surface area (Å²) in [5.74, 6) is 0.843. The van der Waals surface area contributed by atoms with Gasteiger partial charge in [0.1, 0.15) is 0 Å². The van der Waals surface area contributed by atoms with Gasteiger partial charge in [-0.25, -0.2) is 0 Å². The Kier molecular flexibility index (Phi) is 5.29. The van der Waals surface area contributed by atoms with Crippen molar-refractivity contribution in [1.82, 2.24) is 0 Å². The van der Waals surface area contributed by atoms with Crippen molar-refractivity contribution in [2.45, 2.75) is 63.6 Å². The van der Waals surface area contributed by atoms with Crippen LogP contribution in [0.4, 0.5) is 0 Å². The van der Waals surface area contributed by atoms with Gasteiger partial charge in [-0.2, -0.15) is 0 Å².